The molecule has 0 radical (unpaired) electrons. The molecule has 1 aromatic heterocycles. The molecule has 4 heteroatoms. The number of carbonyl (C=O) groups excluding carboxylic acids is 1. The van der Waals surface area contributed by atoms with E-state index in [1.165, 1.54) is 11.1 Å². The van der Waals surface area contributed by atoms with Crippen molar-refractivity contribution in [3.8, 4) is 11.3 Å². The Morgan fingerprint density at radius 1 is 1.32 bits per heavy atom. The van der Waals surface area contributed by atoms with E-state index in [2.05, 4.69) is 43.2 Å². The molecule has 0 unspecified atom stereocenters. The number of hydrogen-bond donors (Lipinski definition) is 1. The van der Waals surface area contributed by atoms with Gasteiger partial charge >= 0.3 is 0 Å². The topological polar surface area (TPSA) is 55.0 Å². The molecular weight excluding hydrogens is 312 g/mol. The fourth-order valence-electron chi connectivity index (χ4n) is 4.94. The third-order valence-electron chi connectivity index (χ3n) is 6.15. The number of Topliss-reactive ketones (excluding diaryl/α,β-unsaturated/α-hetero) is 1. The first kappa shape index (κ1) is 16.1. The number of H-pyrrole nitrogens is 1. The van der Waals surface area contributed by atoms with E-state index >= 15 is 0 Å². The SMILES string of the molecule is CO/C=C1/C[C@]2(C)c3n[nH]c(-c4ccccc4)c3CC[C@H]2[C@H](C)C1=O. The number of fused-ring (bicyclic) bond motifs is 3. The summed E-state index contributed by atoms with van der Waals surface area (Å²) < 4.78 is 5.18. The fourth-order valence-corrected chi connectivity index (χ4v) is 4.94. The molecule has 1 heterocycles. The van der Waals surface area contributed by atoms with Crippen LogP contribution in [0.2, 0.25) is 0 Å². The number of aromatic amines is 1. The molecule has 3 atom stereocenters. The van der Waals surface area contributed by atoms with Crippen LogP contribution in [0, 0.1) is 11.8 Å². The molecule has 1 saturated carbocycles. The molecule has 0 saturated heterocycles. The molecule has 2 aliphatic carbocycles. The Kier molecular flexibility index (Phi) is 3.78. The third kappa shape index (κ3) is 2.35. The van der Waals surface area contributed by atoms with Crippen molar-refractivity contribution in [1.82, 2.24) is 10.2 Å². The van der Waals surface area contributed by atoms with Crippen molar-refractivity contribution in [3.05, 3.63) is 53.4 Å². The van der Waals surface area contributed by atoms with Gasteiger partial charge in [-0.2, -0.15) is 5.10 Å². The van der Waals surface area contributed by atoms with E-state index in [9.17, 15) is 4.79 Å². The van der Waals surface area contributed by atoms with Crippen molar-refractivity contribution in [2.24, 2.45) is 11.8 Å². The summed E-state index contributed by atoms with van der Waals surface area (Å²) in [5.74, 6) is 0.560. The molecule has 1 aromatic carbocycles. The summed E-state index contributed by atoms with van der Waals surface area (Å²) in [7, 11) is 1.60. The zero-order valence-corrected chi connectivity index (χ0v) is 15.0. The van der Waals surface area contributed by atoms with Gasteiger partial charge in [-0.3, -0.25) is 9.89 Å². The normalized spacial score (nSPS) is 30.0. The van der Waals surface area contributed by atoms with Crippen LogP contribution in [0.4, 0.5) is 0 Å². The minimum absolute atomic E-state index is 0.00479. The number of aromatic nitrogens is 2. The Morgan fingerprint density at radius 2 is 2.08 bits per heavy atom. The Labute approximate surface area is 148 Å². The molecule has 0 spiro atoms. The number of rotatable bonds is 2. The predicted octanol–water partition coefficient (Wildman–Crippen LogP) is 4.04. The van der Waals surface area contributed by atoms with E-state index in [0.29, 0.717) is 12.3 Å². The second kappa shape index (κ2) is 5.87. The standard InChI is InChI=1S/C21H24N2O2/c1-13-17-10-9-16-18(14-7-5-4-6-8-14)22-23-20(16)21(17,2)11-15(12-25-3)19(13)24/h4-8,12-13,17H,9-11H2,1-3H3,(H,22,23)/b15-12-/t13-,17-,21-/m0/s1. The van der Waals surface area contributed by atoms with E-state index in [-0.39, 0.29) is 17.1 Å². The molecule has 130 valence electrons. The first-order valence-electron chi connectivity index (χ1n) is 8.95. The van der Waals surface area contributed by atoms with Crippen LogP contribution in [0.5, 0.6) is 0 Å². The second-order valence-corrected chi connectivity index (χ2v) is 7.56. The number of nitrogens with one attached hydrogen (secondary N) is 1. The highest BCUT2D eigenvalue weighted by Crippen LogP contribution is 2.53. The van der Waals surface area contributed by atoms with Gasteiger partial charge in [0, 0.05) is 22.5 Å². The molecule has 0 aliphatic heterocycles. The highest BCUT2D eigenvalue weighted by molar-refractivity contribution is 5.98. The number of allylic oxidation sites excluding steroid dienone is 1. The number of ketones is 1. The van der Waals surface area contributed by atoms with Crippen LogP contribution < -0.4 is 0 Å². The highest BCUT2D eigenvalue weighted by Gasteiger charge is 2.51. The maximum absolute atomic E-state index is 12.7. The Hall–Kier alpha value is -2.36. The number of hydrogen-bond acceptors (Lipinski definition) is 3. The molecule has 2 aliphatic rings. The average Bonchev–Trinajstić information content (AvgIpc) is 3.06. The van der Waals surface area contributed by atoms with Gasteiger partial charge in [-0.1, -0.05) is 44.2 Å². The molecule has 0 amide bonds. The Morgan fingerprint density at radius 3 is 2.80 bits per heavy atom. The van der Waals surface area contributed by atoms with Crippen LogP contribution in [-0.2, 0) is 21.4 Å². The van der Waals surface area contributed by atoms with Gasteiger partial charge in [-0.05, 0) is 30.7 Å². The lowest BCUT2D eigenvalue weighted by Crippen LogP contribution is -2.47. The Bertz CT molecular complexity index is 837. The number of benzene rings is 1. The molecule has 1 fully saturated rings. The summed E-state index contributed by atoms with van der Waals surface area (Å²) in [4.78, 5) is 12.7. The van der Waals surface area contributed by atoms with Gasteiger partial charge in [0.15, 0.2) is 5.78 Å². The summed E-state index contributed by atoms with van der Waals surface area (Å²) in [6.07, 6.45) is 4.31. The van der Waals surface area contributed by atoms with E-state index in [4.69, 9.17) is 9.84 Å². The van der Waals surface area contributed by atoms with Crippen LogP contribution in [-0.4, -0.2) is 23.1 Å². The minimum atomic E-state index is -0.130. The number of carbonyl (C=O) groups is 1. The second-order valence-electron chi connectivity index (χ2n) is 7.56. The van der Waals surface area contributed by atoms with Crippen LogP contribution in [0.1, 0.15) is 37.9 Å². The third-order valence-corrected chi connectivity index (χ3v) is 6.15. The van der Waals surface area contributed by atoms with E-state index < -0.39 is 0 Å². The van der Waals surface area contributed by atoms with Crippen molar-refractivity contribution < 1.29 is 9.53 Å². The zero-order valence-electron chi connectivity index (χ0n) is 15.0. The maximum Gasteiger partial charge on any atom is 0.165 e. The monoisotopic (exact) mass is 336 g/mol. The summed E-state index contributed by atoms with van der Waals surface area (Å²) in [6, 6.07) is 10.4. The smallest absolute Gasteiger partial charge is 0.165 e. The van der Waals surface area contributed by atoms with Crippen molar-refractivity contribution in [3.63, 3.8) is 0 Å². The average molecular weight is 336 g/mol. The van der Waals surface area contributed by atoms with E-state index in [0.717, 1.165) is 29.8 Å². The fraction of sp³-hybridized carbons (Fsp3) is 0.429. The van der Waals surface area contributed by atoms with Gasteiger partial charge in [0.05, 0.1) is 24.8 Å². The lowest BCUT2D eigenvalue weighted by atomic mass is 9.55. The lowest BCUT2D eigenvalue weighted by molar-refractivity contribution is -0.124. The van der Waals surface area contributed by atoms with Gasteiger partial charge < -0.3 is 4.74 Å². The van der Waals surface area contributed by atoms with Crippen molar-refractivity contribution in [1.29, 1.82) is 0 Å². The van der Waals surface area contributed by atoms with Crippen LogP contribution >= 0.6 is 0 Å². The van der Waals surface area contributed by atoms with Crippen LogP contribution in [0.3, 0.4) is 0 Å². The number of nitrogens with zero attached hydrogens (tertiary/aromatic N) is 1. The Balaban J connectivity index is 1.81. The lowest BCUT2D eigenvalue weighted by Gasteiger charge is -2.47. The first-order chi connectivity index (χ1) is 12.1. The minimum Gasteiger partial charge on any atom is -0.504 e. The van der Waals surface area contributed by atoms with Crippen molar-refractivity contribution >= 4 is 5.78 Å². The van der Waals surface area contributed by atoms with Crippen molar-refractivity contribution in [2.45, 2.75) is 38.5 Å². The van der Waals surface area contributed by atoms with Gasteiger partial charge in [0.1, 0.15) is 0 Å². The van der Waals surface area contributed by atoms with Gasteiger partial charge in [0.2, 0.25) is 0 Å². The van der Waals surface area contributed by atoms with Crippen molar-refractivity contribution in [2.75, 3.05) is 7.11 Å². The molecule has 4 nitrogen and oxygen atoms in total. The van der Waals surface area contributed by atoms with Gasteiger partial charge in [0.25, 0.3) is 0 Å². The van der Waals surface area contributed by atoms with Crippen LogP contribution in [0.15, 0.2) is 42.2 Å². The van der Waals surface area contributed by atoms with Crippen LogP contribution in [0.25, 0.3) is 11.3 Å². The van der Waals surface area contributed by atoms with Gasteiger partial charge in [-0.25, -0.2) is 0 Å². The predicted molar refractivity (Wildman–Crippen MR) is 97.1 cm³/mol. The number of methoxy groups -OCH3 is 1. The first-order valence-corrected chi connectivity index (χ1v) is 8.95. The molecule has 25 heavy (non-hydrogen) atoms. The van der Waals surface area contributed by atoms with E-state index in [1.807, 2.05) is 6.07 Å². The summed E-state index contributed by atoms with van der Waals surface area (Å²) in [5, 5.41) is 8.02. The molecular formula is C21H24N2O2. The molecule has 4 rings (SSSR count). The molecule has 1 N–H and O–H groups in total. The summed E-state index contributed by atoms with van der Waals surface area (Å²) in [6.45, 7) is 4.32. The quantitative estimate of drug-likeness (QED) is 0.665. The largest absolute Gasteiger partial charge is 0.504 e. The van der Waals surface area contributed by atoms with E-state index in [1.54, 1.807) is 13.4 Å². The molecule has 0 bridgehead atoms. The number of ether oxygens (including phenoxy) is 1. The van der Waals surface area contributed by atoms with Gasteiger partial charge in [-0.15, -0.1) is 0 Å². The molecule has 2 aromatic rings. The zero-order chi connectivity index (χ0) is 17.6. The highest BCUT2D eigenvalue weighted by atomic mass is 16.5. The summed E-state index contributed by atoms with van der Waals surface area (Å²) in [5.41, 5.74) is 5.38. The maximum atomic E-state index is 12.7. The summed E-state index contributed by atoms with van der Waals surface area (Å²) >= 11 is 0.